The molecule has 4 heterocycles. The van der Waals surface area contributed by atoms with E-state index >= 15 is 0 Å². The van der Waals surface area contributed by atoms with Crippen molar-refractivity contribution in [2.24, 2.45) is 0 Å². The predicted octanol–water partition coefficient (Wildman–Crippen LogP) is 15.5. The maximum atomic E-state index is 11.9. The van der Waals surface area contributed by atoms with E-state index in [4.69, 9.17) is 29.9 Å². The second-order valence-corrected chi connectivity index (χ2v) is 19.3. The Kier molecular flexibility index (Phi) is 11.4. The number of benzene rings is 10. The number of hydrogen-bond acceptors (Lipinski definition) is 9. The Balaban J connectivity index is 1.05. The van der Waals surface area contributed by atoms with Crippen molar-refractivity contribution in [2.45, 2.75) is 0 Å². The molecule has 0 radical (unpaired) electrons. The second-order valence-electron chi connectivity index (χ2n) is 19.3. The summed E-state index contributed by atoms with van der Waals surface area (Å²) in [7, 11) is 0. The summed E-state index contributed by atoms with van der Waals surface area (Å²) in [6.07, 6.45) is 0. The summed E-state index contributed by atoms with van der Waals surface area (Å²) in [6, 6.07) is 84.6. The lowest BCUT2D eigenvalue weighted by Gasteiger charge is -2.19. The highest BCUT2D eigenvalue weighted by molar-refractivity contribution is 6.12. The number of para-hydroxylation sites is 2. The zero-order valence-electron chi connectivity index (χ0n) is 42.4. The van der Waals surface area contributed by atoms with Crippen molar-refractivity contribution < 1.29 is 0 Å². The molecule has 0 saturated heterocycles. The van der Waals surface area contributed by atoms with Crippen LogP contribution in [0.1, 0.15) is 16.7 Å². The Hall–Kier alpha value is -11.7. The fraction of sp³-hybridized carbons (Fsp3) is 0. The van der Waals surface area contributed by atoms with Gasteiger partial charge in [-0.1, -0.05) is 182 Å². The lowest BCUT2D eigenvalue weighted by molar-refractivity contribution is 1.07. The molecule has 0 saturated carbocycles. The van der Waals surface area contributed by atoms with Crippen LogP contribution in [0.2, 0.25) is 0 Å². The van der Waals surface area contributed by atoms with E-state index in [1.54, 1.807) is 18.2 Å². The molecule has 11 nitrogen and oxygen atoms in total. The molecule has 14 aromatic rings. The summed E-state index contributed by atoms with van der Waals surface area (Å²) in [5.41, 5.74) is 11.7. The molecule has 0 N–H and O–H groups in total. The summed E-state index contributed by atoms with van der Waals surface area (Å²) in [5.74, 6) is 3.11. The highest BCUT2D eigenvalue weighted by Gasteiger charge is 2.25. The fourth-order valence-electron chi connectivity index (χ4n) is 10.8. The normalized spacial score (nSPS) is 11.2. The number of fused-ring (bicyclic) bond motifs is 6. The summed E-state index contributed by atoms with van der Waals surface area (Å²) < 4.78 is 4.27. The van der Waals surface area contributed by atoms with Gasteiger partial charge in [0.25, 0.3) is 0 Å². The molecule has 10 aromatic carbocycles. The van der Waals surface area contributed by atoms with Crippen molar-refractivity contribution in [1.29, 1.82) is 15.8 Å². The molecule has 0 unspecified atom stereocenters. The quantitative estimate of drug-likeness (QED) is 0.137. The van der Waals surface area contributed by atoms with Gasteiger partial charge in [0.1, 0.15) is 11.6 Å². The van der Waals surface area contributed by atoms with Crippen LogP contribution < -0.4 is 0 Å². The number of nitrogens with zero attached hydrogens (tertiary/aromatic N) is 11. The van der Waals surface area contributed by atoms with Gasteiger partial charge in [-0.25, -0.2) is 29.9 Å². The first kappa shape index (κ1) is 46.8. The first-order valence-electron chi connectivity index (χ1n) is 25.9. The van der Waals surface area contributed by atoms with Gasteiger partial charge >= 0.3 is 0 Å². The van der Waals surface area contributed by atoms with Crippen LogP contribution in [0.15, 0.2) is 237 Å². The van der Waals surface area contributed by atoms with E-state index in [1.165, 1.54) is 0 Å². The highest BCUT2D eigenvalue weighted by atomic mass is 15.1. The van der Waals surface area contributed by atoms with E-state index in [0.29, 0.717) is 74.1 Å². The second kappa shape index (κ2) is 19.5. The SMILES string of the molecule is N#Cc1cc(C#N)cc(-c2cc(-n3c4ccccc4c4ccc(-c5nc(-c6ccccc6)nc(-c6ccccc6)n5)cc43)c(C#N)c(-n3c4ccccc4c4ccc(-c5nc(-c6ccccc6)nc(-c6ccccc6)n5)cc43)c2)c1. The van der Waals surface area contributed by atoms with Crippen molar-refractivity contribution in [3.8, 4) is 109 Å². The Labute approximate surface area is 458 Å². The predicted molar refractivity (Wildman–Crippen MR) is 314 cm³/mol. The van der Waals surface area contributed by atoms with Crippen LogP contribution in [-0.2, 0) is 0 Å². The monoisotopic (exact) mass is 1020 g/mol. The molecule has 4 aromatic heterocycles. The molecule has 0 aliphatic carbocycles. The molecule has 0 amide bonds. The average molecular weight is 1020 g/mol. The first-order valence-corrected chi connectivity index (χ1v) is 25.9. The summed E-state index contributed by atoms with van der Waals surface area (Å²) in [6.45, 7) is 0. The van der Waals surface area contributed by atoms with E-state index in [0.717, 1.165) is 77.0 Å². The molecule has 0 bridgehead atoms. The van der Waals surface area contributed by atoms with Crippen molar-refractivity contribution in [1.82, 2.24) is 39.0 Å². The minimum absolute atomic E-state index is 0.332. The molecular formula is C69H39N11. The maximum Gasteiger partial charge on any atom is 0.164 e. The molecular weight excluding hydrogens is 983 g/mol. The van der Waals surface area contributed by atoms with Gasteiger partial charge in [-0.3, -0.25) is 0 Å². The van der Waals surface area contributed by atoms with Gasteiger partial charge in [-0.2, -0.15) is 15.8 Å². The Bertz CT molecular complexity index is 4500. The largest absolute Gasteiger partial charge is 0.308 e. The minimum Gasteiger partial charge on any atom is -0.308 e. The Morgan fingerprint density at radius 3 is 0.912 bits per heavy atom. The Morgan fingerprint density at radius 1 is 0.250 bits per heavy atom. The van der Waals surface area contributed by atoms with Crippen molar-refractivity contribution in [3.05, 3.63) is 253 Å². The van der Waals surface area contributed by atoms with E-state index in [9.17, 15) is 15.8 Å². The number of rotatable bonds is 9. The molecule has 0 aliphatic heterocycles. The number of aromatic nitrogens is 8. The van der Waals surface area contributed by atoms with Crippen molar-refractivity contribution >= 4 is 43.6 Å². The molecule has 0 atom stereocenters. The minimum atomic E-state index is 0.332. The molecule has 14 rings (SSSR count). The Morgan fingerprint density at radius 2 is 0.562 bits per heavy atom. The molecule has 0 aliphatic rings. The molecule has 0 spiro atoms. The van der Waals surface area contributed by atoms with Gasteiger partial charge in [-0.05, 0) is 65.7 Å². The highest BCUT2D eigenvalue weighted by Crippen LogP contribution is 2.42. The molecule has 11 heteroatoms. The summed E-state index contributed by atoms with van der Waals surface area (Å²) in [5, 5.41) is 36.4. The first-order chi connectivity index (χ1) is 39.5. The van der Waals surface area contributed by atoms with Crippen LogP contribution in [0.5, 0.6) is 0 Å². The topological polar surface area (TPSA) is 159 Å². The van der Waals surface area contributed by atoms with Crippen LogP contribution in [0.4, 0.5) is 0 Å². The smallest absolute Gasteiger partial charge is 0.164 e. The van der Waals surface area contributed by atoms with Gasteiger partial charge in [-0.15, -0.1) is 0 Å². The van der Waals surface area contributed by atoms with Gasteiger partial charge in [0.05, 0.1) is 56.7 Å². The van der Waals surface area contributed by atoms with Gasteiger partial charge in [0.2, 0.25) is 0 Å². The van der Waals surface area contributed by atoms with Crippen LogP contribution in [0, 0.1) is 34.0 Å². The zero-order chi connectivity index (χ0) is 53.7. The molecule has 370 valence electrons. The summed E-state index contributed by atoms with van der Waals surface area (Å²) >= 11 is 0. The van der Waals surface area contributed by atoms with Gasteiger partial charge in [0.15, 0.2) is 34.9 Å². The third kappa shape index (κ3) is 8.14. The number of nitriles is 3. The van der Waals surface area contributed by atoms with Gasteiger partial charge < -0.3 is 9.13 Å². The van der Waals surface area contributed by atoms with Crippen LogP contribution in [0.3, 0.4) is 0 Å². The zero-order valence-corrected chi connectivity index (χ0v) is 42.4. The third-order valence-corrected chi connectivity index (χ3v) is 14.5. The number of hydrogen-bond donors (Lipinski definition) is 0. The maximum absolute atomic E-state index is 11.9. The van der Waals surface area contributed by atoms with Crippen LogP contribution >= 0.6 is 0 Å². The van der Waals surface area contributed by atoms with Crippen LogP contribution in [0.25, 0.3) is 134 Å². The van der Waals surface area contributed by atoms with E-state index in [-0.39, 0.29) is 0 Å². The third-order valence-electron chi connectivity index (χ3n) is 14.5. The van der Waals surface area contributed by atoms with E-state index in [1.807, 2.05) is 170 Å². The average Bonchev–Trinajstić information content (AvgIpc) is 4.13. The van der Waals surface area contributed by atoms with E-state index < -0.39 is 0 Å². The standard InChI is InChI=1S/C69H39N11/c70-40-43-33-44(41-71)35-51(34-43)52-38-62(79-58-27-15-13-25-53(58)55-31-29-49(36-60(55)79)68-75-64(45-17-5-1-6-18-45)73-65(76-68)46-19-7-2-8-20-46)57(42-72)63(39-52)80-59-28-16-14-26-54(59)56-32-30-50(37-61(56)80)69-77-66(47-21-9-3-10-22-47)74-67(78-69)48-23-11-4-12-24-48/h1-39H. The summed E-state index contributed by atoms with van der Waals surface area (Å²) in [4.78, 5) is 30.4. The molecule has 80 heavy (non-hydrogen) atoms. The van der Waals surface area contributed by atoms with Crippen molar-refractivity contribution in [2.75, 3.05) is 0 Å². The van der Waals surface area contributed by atoms with Crippen molar-refractivity contribution in [3.63, 3.8) is 0 Å². The fourth-order valence-corrected chi connectivity index (χ4v) is 10.8. The van der Waals surface area contributed by atoms with Gasteiger partial charge in [0, 0.05) is 54.9 Å². The lowest BCUT2D eigenvalue weighted by atomic mass is 9.97. The van der Waals surface area contributed by atoms with E-state index in [2.05, 4.69) is 75.9 Å². The molecule has 0 fully saturated rings. The van der Waals surface area contributed by atoms with Crippen LogP contribution in [-0.4, -0.2) is 39.0 Å². The lowest BCUT2D eigenvalue weighted by Crippen LogP contribution is -2.06.